The second kappa shape index (κ2) is 3.56. The van der Waals surface area contributed by atoms with Gasteiger partial charge in [-0.15, -0.1) is 0 Å². The molecule has 13 heavy (non-hydrogen) atoms. The van der Waals surface area contributed by atoms with E-state index in [-0.39, 0.29) is 6.61 Å². The fourth-order valence-electron chi connectivity index (χ4n) is 2.78. The Balaban J connectivity index is 2.01. The van der Waals surface area contributed by atoms with E-state index in [0.29, 0.717) is 11.5 Å². The third-order valence-electron chi connectivity index (χ3n) is 3.49. The van der Waals surface area contributed by atoms with Crippen LogP contribution in [0, 0.1) is 5.41 Å². The Hall–Kier alpha value is -0.120. The molecule has 2 aliphatic rings. The average Bonchev–Trinajstić information content (AvgIpc) is 2.44. The number of nitrogens with zero attached hydrogens (tertiary/aromatic N) is 1. The van der Waals surface area contributed by atoms with Gasteiger partial charge in [-0.1, -0.05) is 0 Å². The number of rotatable bonds is 1. The first-order chi connectivity index (χ1) is 6.26. The van der Waals surface area contributed by atoms with Crippen molar-refractivity contribution in [2.75, 3.05) is 33.4 Å². The lowest BCUT2D eigenvalue weighted by molar-refractivity contribution is -0.00151. The molecular formula is C10H19NO2. The maximum Gasteiger partial charge on any atom is 0.0586 e. The molecule has 0 aromatic heterocycles. The Morgan fingerprint density at radius 1 is 1.62 bits per heavy atom. The summed E-state index contributed by atoms with van der Waals surface area (Å²) in [5.74, 6) is 0. The molecule has 2 fully saturated rings. The number of aliphatic hydroxyl groups is 1. The van der Waals surface area contributed by atoms with Crippen molar-refractivity contribution in [1.29, 1.82) is 0 Å². The Bertz CT molecular complexity index is 178. The quantitative estimate of drug-likeness (QED) is 0.645. The first kappa shape index (κ1) is 9.44. The van der Waals surface area contributed by atoms with E-state index in [2.05, 4.69) is 11.9 Å². The molecule has 0 aromatic rings. The van der Waals surface area contributed by atoms with Gasteiger partial charge in [-0.2, -0.15) is 0 Å². The van der Waals surface area contributed by atoms with Crippen LogP contribution in [0.1, 0.15) is 19.3 Å². The van der Waals surface area contributed by atoms with Crippen LogP contribution in [0.3, 0.4) is 0 Å². The van der Waals surface area contributed by atoms with Crippen molar-refractivity contribution in [3.63, 3.8) is 0 Å². The van der Waals surface area contributed by atoms with Gasteiger partial charge in [0.15, 0.2) is 0 Å². The lowest BCUT2D eigenvalue weighted by atomic mass is 9.80. The molecule has 0 bridgehead atoms. The van der Waals surface area contributed by atoms with Gasteiger partial charge in [-0.05, 0) is 26.3 Å². The maximum absolute atomic E-state index is 9.17. The summed E-state index contributed by atoms with van der Waals surface area (Å²) >= 11 is 0. The summed E-state index contributed by atoms with van der Waals surface area (Å²) < 4.78 is 5.54. The molecule has 2 aliphatic heterocycles. The average molecular weight is 185 g/mol. The molecule has 0 radical (unpaired) electrons. The van der Waals surface area contributed by atoms with Gasteiger partial charge in [0.1, 0.15) is 0 Å². The zero-order valence-corrected chi connectivity index (χ0v) is 8.33. The van der Waals surface area contributed by atoms with Gasteiger partial charge in [0.25, 0.3) is 0 Å². The number of aliphatic hydroxyl groups excluding tert-OH is 1. The second-order valence-corrected chi connectivity index (χ2v) is 4.61. The molecule has 3 heteroatoms. The van der Waals surface area contributed by atoms with E-state index in [0.717, 1.165) is 26.2 Å². The van der Waals surface area contributed by atoms with Crippen molar-refractivity contribution >= 4 is 0 Å². The monoisotopic (exact) mass is 185 g/mol. The highest BCUT2D eigenvalue weighted by Crippen LogP contribution is 2.40. The number of hydrogen-bond donors (Lipinski definition) is 1. The summed E-state index contributed by atoms with van der Waals surface area (Å²) in [4.78, 5) is 2.27. The molecule has 0 aliphatic carbocycles. The van der Waals surface area contributed by atoms with E-state index in [1.165, 1.54) is 12.8 Å². The number of ether oxygens (including phenoxy) is 1. The summed E-state index contributed by atoms with van der Waals surface area (Å²) in [5, 5.41) is 9.17. The molecule has 2 atom stereocenters. The normalized spacial score (nSPS) is 41.5. The minimum atomic E-state index is 0.290. The van der Waals surface area contributed by atoms with Crippen LogP contribution in [-0.4, -0.2) is 49.5 Å². The molecule has 1 spiro atoms. The molecule has 0 saturated carbocycles. The highest BCUT2D eigenvalue weighted by Gasteiger charge is 2.43. The standard InChI is InChI=1S/C10H19NO2/c1-11-7-10(5-9(11)6-12)3-2-4-13-8-10/h9,12H,2-8H2,1H3/t9-,10?/m0/s1. The van der Waals surface area contributed by atoms with Crippen LogP contribution < -0.4 is 0 Å². The van der Waals surface area contributed by atoms with Crippen LogP contribution in [0.25, 0.3) is 0 Å². The molecule has 0 amide bonds. The van der Waals surface area contributed by atoms with Crippen LogP contribution in [0.4, 0.5) is 0 Å². The third-order valence-corrected chi connectivity index (χ3v) is 3.49. The second-order valence-electron chi connectivity index (χ2n) is 4.61. The summed E-state index contributed by atoms with van der Waals surface area (Å²) in [6, 6.07) is 0.363. The van der Waals surface area contributed by atoms with E-state index in [1.54, 1.807) is 0 Å². The molecule has 0 aromatic carbocycles. The Morgan fingerprint density at radius 3 is 3.00 bits per heavy atom. The van der Waals surface area contributed by atoms with E-state index in [1.807, 2.05) is 0 Å². The number of likely N-dealkylation sites (tertiary alicyclic amines) is 1. The van der Waals surface area contributed by atoms with Crippen molar-refractivity contribution in [2.24, 2.45) is 5.41 Å². The van der Waals surface area contributed by atoms with Gasteiger partial charge in [0.05, 0.1) is 13.2 Å². The fourth-order valence-corrected chi connectivity index (χ4v) is 2.78. The van der Waals surface area contributed by atoms with Crippen LogP contribution in [0.2, 0.25) is 0 Å². The van der Waals surface area contributed by atoms with E-state index in [9.17, 15) is 0 Å². The van der Waals surface area contributed by atoms with Gasteiger partial charge in [-0.25, -0.2) is 0 Å². The predicted octanol–water partition coefficient (Wildman–Crippen LogP) is 0.480. The number of hydrogen-bond acceptors (Lipinski definition) is 3. The van der Waals surface area contributed by atoms with Gasteiger partial charge >= 0.3 is 0 Å². The third kappa shape index (κ3) is 1.73. The minimum Gasteiger partial charge on any atom is -0.395 e. The molecule has 1 N–H and O–H groups in total. The van der Waals surface area contributed by atoms with Crippen molar-refractivity contribution < 1.29 is 9.84 Å². The zero-order chi connectivity index (χ0) is 9.31. The summed E-state index contributed by atoms with van der Waals surface area (Å²) in [5.41, 5.74) is 0.362. The minimum absolute atomic E-state index is 0.290. The molecule has 2 rings (SSSR count). The smallest absolute Gasteiger partial charge is 0.0586 e. The SMILES string of the molecule is CN1CC2(CCCOC2)C[C@H]1CO. The van der Waals surface area contributed by atoms with Crippen LogP contribution in [0.5, 0.6) is 0 Å². The van der Waals surface area contributed by atoms with Crippen molar-refractivity contribution in [1.82, 2.24) is 4.90 Å². The van der Waals surface area contributed by atoms with Gasteiger partial charge in [0.2, 0.25) is 0 Å². The summed E-state index contributed by atoms with van der Waals surface area (Å²) in [6.07, 6.45) is 3.57. The lowest BCUT2D eigenvalue weighted by Gasteiger charge is -2.32. The lowest BCUT2D eigenvalue weighted by Crippen LogP contribution is -2.34. The van der Waals surface area contributed by atoms with Crippen molar-refractivity contribution in [3.05, 3.63) is 0 Å². The number of likely N-dealkylation sites (N-methyl/N-ethyl adjacent to an activating group) is 1. The first-order valence-electron chi connectivity index (χ1n) is 5.15. The topological polar surface area (TPSA) is 32.7 Å². The Kier molecular flexibility index (Phi) is 2.58. The van der Waals surface area contributed by atoms with Crippen LogP contribution in [0.15, 0.2) is 0 Å². The van der Waals surface area contributed by atoms with Crippen LogP contribution >= 0.6 is 0 Å². The molecule has 76 valence electrons. The Labute approximate surface area is 79.7 Å². The summed E-state index contributed by atoms with van der Waals surface area (Å²) in [7, 11) is 2.10. The highest BCUT2D eigenvalue weighted by molar-refractivity contribution is 4.95. The predicted molar refractivity (Wildman–Crippen MR) is 50.6 cm³/mol. The first-order valence-corrected chi connectivity index (χ1v) is 5.15. The molecule has 1 unspecified atom stereocenters. The summed E-state index contributed by atoms with van der Waals surface area (Å²) in [6.45, 7) is 3.21. The molecule has 3 nitrogen and oxygen atoms in total. The van der Waals surface area contributed by atoms with Gasteiger partial charge in [0, 0.05) is 24.6 Å². The van der Waals surface area contributed by atoms with Crippen molar-refractivity contribution in [3.8, 4) is 0 Å². The molecular weight excluding hydrogens is 166 g/mol. The van der Waals surface area contributed by atoms with Gasteiger partial charge < -0.3 is 14.7 Å². The van der Waals surface area contributed by atoms with E-state index < -0.39 is 0 Å². The zero-order valence-electron chi connectivity index (χ0n) is 8.33. The Morgan fingerprint density at radius 2 is 2.46 bits per heavy atom. The maximum atomic E-state index is 9.17. The highest BCUT2D eigenvalue weighted by atomic mass is 16.5. The fraction of sp³-hybridized carbons (Fsp3) is 1.00. The van der Waals surface area contributed by atoms with Crippen LogP contribution in [-0.2, 0) is 4.74 Å². The largest absolute Gasteiger partial charge is 0.395 e. The molecule has 2 saturated heterocycles. The van der Waals surface area contributed by atoms with Crippen molar-refractivity contribution in [2.45, 2.75) is 25.3 Å². The van der Waals surface area contributed by atoms with Gasteiger partial charge in [-0.3, -0.25) is 0 Å². The molecule has 2 heterocycles. The van der Waals surface area contributed by atoms with E-state index >= 15 is 0 Å². The van der Waals surface area contributed by atoms with E-state index in [4.69, 9.17) is 9.84 Å².